The van der Waals surface area contributed by atoms with Crippen LogP contribution in [0.3, 0.4) is 0 Å². The van der Waals surface area contributed by atoms with Crippen molar-refractivity contribution in [3.05, 3.63) is 23.8 Å². The quantitative estimate of drug-likeness (QED) is 0.780. The van der Waals surface area contributed by atoms with Gasteiger partial charge in [0.05, 0.1) is 24.5 Å². The Hall–Kier alpha value is -2.61. The van der Waals surface area contributed by atoms with Crippen molar-refractivity contribution in [3.63, 3.8) is 0 Å². The predicted octanol–water partition coefficient (Wildman–Crippen LogP) is -0.210. The Morgan fingerprint density at radius 2 is 2.12 bits per heavy atom. The maximum atomic E-state index is 12.7. The van der Waals surface area contributed by atoms with Crippen molar-refractivity contribution in [2.75, 3.05) is 37.0 Å². The fourth-order valence-corrected chi connectivity index (χ4v) is 2.89. The molecule has 0 radical (unpaired) electrons. The van der Waals surface area contributed by atoms with Gasteiger partial charge in [-0.1, -0.05) is 0 Å². The normalized spacial score (nSPS) is 23.5. The number of amides is 3. The van der Waals surface area contributed by atoms with Crippen molar-refractivity contribution in [2.24, 2.45) is 5.73 Å². The van der Waals surface area contributed by atoms with Crippen LogP contribution in [0.5, 0.6) is 0 Å². The molecule has 0 aromatic heterocycles. The Bertz CT molecular complexity index is 705. The molecular formula is C16H20N4O4. The maximum absolute atomic E-state index is 12.7. The van der Waals surface area contributed by atoms with E-state index in [2.05, 4.69) is 5.32 Å². The summed E-state index contributed by atoms with van der Waals surface area (Å²) in [7, 11) is 1.84. The molecule has 128 valence electrons. The number of rotatable bonds is 2. The Morgan fingerprint density at radius 1 is 1.38 bits per heavy atom. The molecule has 2 heterocycles. The lowest BCUT2D eigenvalue weighted by Gasteiger charge is -2.34. The number of hydrogen-bond acceptors (Lipinski definition) is 5. The van der Waals surface area contributed by atoms with E-state index in [1.807, 2.05) is 24.9 Å². The SMILES string of the molecule is CC1C(=O)Nc2cc(C(=O)N3CCOC(C(N)=O)C3)ccc2N1C. The maximum Gasteiger partial charge on any atom is 0.254 e. The van der Waals surface area contributed by atoms with Gasteiger partial charge in [0.15, 0.2) is 6.10 Å². The molecule has 8 nitrogen and oxygen atoms in total. The number of nitrogens with two attached hydrogens (primary N) is 1. The molecule has 3 amide bonds. The smallest absolute Gasteiger partial charge is 0.254 e. The monoisotopic (exact) mass is 332 g/mol. The zero-order valence-corrected chi connectivity index (χ0v) is 13.6. The van der Waals surface area contributed by atoms with E-state index in [1.54, 1.807) is 12.1 Å². The molecule has 8 heteroatoms. The first kappa shape index (κ1) is 16.3. The highest BCUT2D eigenvalue weighted by Crippen LogP contribution is 2.32. The summed E-state index contributed by atoms with van der Waals surface area (Å²) >= 11 is 0. The minimum absolute atomic E-state index is 0.116. The van der Waals surface area contributed by atoms with Crippen molar-refractivity contribution in [2.45, 2.75) is 19.1 Å². The van der Waals surface area contributed by atoms with E-state index < -0.39 is 12.0 Å². The number of benzene rings is 1. The first-order chi connectivity index (χ1) is 11.4. The molecule has 0 saturated carbocycles. The third-order valence-corrected chi connectivity index (χ3v) is 4.51. The lowest BCUT2D eigenvalue weighted by molar-refractivity contribution is -0.133. The second kappa shape index (κ2) is 6.12. The van der Waals surface area contributed by atoms with Gasteiger partial charge in [0.1, 0.15) is 6.04 Å². The van der Waals surface area contributed by atoms with Gasteiger partial charge >= 0.3 is 0 Å². The summed E-state index contributed by atoms with van der Waals surface area (Å²) in [6.45, 7) is 2.61. The molecule has 24 heavy (non-hydrogen) atoms. The Morgan fingerprint density at radius 3 is 2.83 bits per heavy atom. The second-order valence-corrected chi connectivity index (χ2v) is 6.02. The highest BCUT2D eigenvalue weighted by Gasteiger charge is 2.30. The van der Waals surface area contributed by atoms with E-state index in [0.29, 0.717) is 17.8 Å². The highest BCUT2D eigenvalue weighted by atomic mass is 16.5. The molecule has 0 aliphatic carbocycles. The van der Waals surface area contributed by atoms with Crippen LogP contribution in [0.4, 0.5) is 11.4 Å². The van der Waals surface area contributed by atoms with Gasteiger partial charge in [-0.25, -0.2) is 0 Å². The lowest BCUT2D eigenvalue weighted by Crippen LogP contribution is -2.50. The van der Waals surface area contributed by atoms with Crippen LogP contribution >= 0.6 is 0 Å². The van der Waals surface area contributed by atoms with Gasteiger partial charge in [-0.3, -0.25) is 14.4 Å². The van der Waals surface area contributed by atoms with Crippen molar-refractivity contribution in [3.8, 4) is 0 Å². The summed E-state index contributed by atoms with van der Waals surface area (Å²) < 4.78 is 5.25. The summed E-state index contributed by atoms with van der Waals surface area (Å²) in [5.41, 5.74) is 7.15. The molecule has 0 bridgehead atoms. The van der Waals surface area contributed by atoms with E-state index in [1.165, 1.54) is 4.90 Å². The number of morpholine rings is 1. The zero-order chi connectivity index (χ0) is 17.4. The number of likely N-dealkylation sites (N-methyl/N-ethyl adjacent to an activating group) is 1. The van der Waals surface area contributed by atoms with Gasteiger partial charge in [0, 0.05) is 19.2 Å². The van der Waals surface area contributed by atoms with E-state index in [4.69, 9.17) is 10.5 Å². The second-order valence-electron chi connectivity index (χ2n) is 6.02. The van der Waals surface area contributed by atoms with Crippen LogP contribution in [0.25, 0.3) is 0 Å². The first-order valence-electron chi connectivity index (χ1n) is 7.76. The number of primary amides is 1. The number of carbonyl (C=O) groups is 3. The predicted molar refractivity (Wildman–Crippen MR) is 87.8 cm³/mol. The van der Waals surface area contributed by atoms with Crippen LogP contribution < -0.4 is 16.0 Å². The minimum atomic E-state index is -0.785. The number of carbonyl (C=O) groups excluding carboxylic acids is 3. The third kappa shape index (κ3) is 2.80. The number of ether oxygens (including phenoxy) is 1. The molecule has 3 N–H and O–H groups in total. The largest absolute Gasteiger partial charge is 0.367 e. The van der Waals surface area contributed by atoms with Crippen LogP contribution in [0.2, 0.25) is 0 Å². The van der Waals surface area contributed by atoms with Crippen LogP contribution in [0.15, 0.2) is 18.2 Å². The molecule has 1 fully saturated rings. The van der Waals surface area contributed by atoms with Crippen LogP contribution in [0, 0.1) is 0 Å². The Labute approximate surface area is 139 Å². The lowest BCUT2D eigenvalue weighted by atomic mass is 10.1. The molecule has 0 spiro atoms. The molecule has 2 aliphatic heterocycles. The molecule has 2 aliphatic rings. The molecular weight excluding hydrogens is 312 g/mol. The average Bonchev–Trinajstić information content (AvgIpc) is 2.58. The molecule has 1 aromatic carbocycles. The van der Waals surface area contributed by atoms with Gasteiger partial charge < -0.3 is 25.6 Å². The molecule has 2 atom stereocenters. The number of nitrogens with zero attached hydrogens (tertiary/aromatic N) is 2. The van der Waals surface area contributed by atoms with Gasteiger partial charge in [0.25, 0.3) is 5.91 Å². The average molecular weight is 332 g/mol. The number of fused-ring (bicyclic) bond motifs is 1. The van der Waals surface area contributed by atoms with Crippen molar-refractivity contribution < 1.29 is 19.1 Å². The zero-order valence-electron chi connectivity index (χ0n) is 13.6. The Kier molecular flexibility index (Phi) is 4.15. The molecule has 1 aromatic rings. The molecule has 2 unspecified atom stereocenters. The van der Waals surface area contributed by atoms with Crippen molar-refractivity contribution >= 4 is 29.1 Å². The number of nitrogens with one attached hydrogen (secondary N) is 1. The van der Waals surface area contributed by atoms with Gasteiger partial charge in [-0.2, -0.15) is 0 Å². The van der Waals surface area contributed by atoms with Crippen LogP contribution in [-0.2, 0) is 14.3 Å². The fourth-order valence-electron chi connectivity index (χ4n) is 2.89. The summed E-state index contributed by atoms with van der Waals surface area (Å²) in [4.78, 5) is 39.3. The minimum Gasteiger partial charge on any atom is -0.367 e. The van der Waals surface area contributed by atoms with Crippen LogP contribution in [0.1, 0.15) is 17.3 Å². The van der Waals surface area contributed by atoms with Gasteiger partial charge in [-0.05, 0) is 25.1 Å². The molecule has 1 saturated heterocycles. The summed E-state index contributed by atoms with van der Waals surface area (Å²) in [5, 5.41) is 2.82. The van der Waals surface area contributed by atoms with E-state index in [0.717, 1.165) is 5.69 Å². The molecule has 3 rings (SSSR count). The topological polar surface area (TPSA) is 105 Å². The summed E-state index contributed by atoms with van der Waals surface area (Å²) in [6, 6.07) is 4.92. The summed E-state index contributed by atoms with van der Waals surface area (Å²) in [6.07, 6.45) is -0.785. The Balaban J connectivity index is 1.83. The highest BCUT2D eigenvalue weighted by molar-refractivity contribution is 6.05. The van der Waals surface area contributed by atoms with Crippen molar-refractivity contribution in [1.29, 1.82) is 0 Å². The number of anilines is 2. The van der Waals surface area contributed by atoms with Crippen molar-refractivity contribution in [1.82, 2.24) is 4.90 Å². The fraction of sp³-hybridized carbons (Fsp3) is 0.438. The van der Waals surface area contributed by atoms with Crippen LogP contribution in [-0.4, -0.2) is 61.5 Å². The standard InChI is InChI=1S/C16H20N4O4/c1-9-15(22)18-11-7-10(3-4-12(11)19(9)2)16(23)20-5-6-24-13(8-20)14(17)21/h3-4,7,9,13H,5-6,8H2,1-2H3,(H2,17,21)(H,18,22). The summed E-state index contributed by atoms with van der Waals surface area (Å²) in [5.74, 6) is -0.918. The van der Waals surface area contributed by atoms with Gasteiger partial charge in [-0.15, -0.1) is 0 Å². The van der Waals surface area contributed by atoms with E-state index in [-0.39, 0.29) is 31.0 Å². The number of hydrogen-bond donors (Lipinski definition) is 2. The van der Waals surface area contributed by atoms with E-state index >= 15 is 0 Å². The van der Waals surface area contributed by atoms with Gasteiger partial charge in [0.2, 0.25) is 11.8 Å². The third-order valence-electron chi connectivity index (χ3n) is 4.51. The van der Waals surface area contributed by atoms with E-state index in [9.17, 15) is 14.4 Å². The first-order valence-corrected chi connectivity index (χ1v) is 7.76.